The average molecular weight is 203 g/mol. The van der Waals surface area contributed by atoms with E-state index in [9.17, 15) is 9.59 Å². The van der Waals surface area contributed by atoms with Gasteiger partial charge in [0.25, 0.3) is 0 Å². The molecule has 0 radical (unpaired) electrons. The molecule has 1 aromatic carbocycles. The first-order valence-electron chi connectivity index (χ1n) is 5.16. The van der Waals surface area contributed by atoms with E-state index >= 15 is 0 Å². The first kappa shape index (κ1) is 9.90. The number of carbonyl (C=O) groups is 2. The van der Waals surface area contributed by atoms with Gasteiger partial charge in [0.05, 0.1) is 5.92 Å². The van der Waals surface area contributed by atoms with Crippen LogP contribution < -0.4 is 5.32 Å². The van der Waals surface area contributed by atoms with Crippen molar-refractivity contribution in [3.05, 3.63) is 30.3 Å². The Bertz CT molecular complexity index is 372. The fraction of sp³-hybridized carbons (Fsp3) is 0.333. The van der Waals surface area contributed by atoms with Crippen LogP contribution in [0.25, 0.3) is 0 Å². The first-order chi connectivity index (χ1) is 7.27. The molecule has 1 amide bonds. The predicted molar refractivity (Wildman–Crippen MR) is 57.4 cm³/mol. The van der Waals surface area contributed by atoms with Crippen molar-refractivity contribution >= 4 is 17.4 Å². The molecule has 0 bridgehead atoms. The molecule has 1 N–H and O–H groups in total. The fourth-order valence-electron chi connectivity index (χ4n) is 1.84. The zero-order valence-corrected chi connectivity index (χ0v) is 8.40. The van der Waals surface area contributed by atoms with Gasteiger partial charge in [0, 0.05) is 12.1 Å². The highest BCUT2D eigenvalue weighted by molar-refractivity contribution is 6.08. The number of benzene rings is 1. The second kappa shape index (κ2) is 4.26. The predicted octanol–water partition coefficient (Wildman–Crippen LogP) is 1.99. The van der Waals surface area contributed by atoms with Crippen molar-refractivity contribution in [1.82, 2.24) is 0 Å². The number of anilines is 1. The topological polar surface area (TPSA) is 46.2 Å². The summed E-state index contributed by atoms with van der Waals surface area (Å²) in [5.41, 5.74) is 0.752. The van der Waals surface area contributed by atoms with Gasteiger partial charge < -0.3 is 5.32 Å². The maximum atomic E-state index is 11.7. The maximum Gasteiger partial charge on any atom is 0.234 e. The third kappa shape index (κ3) is 2.24. The molecule has 1 aliphatic rings. The van der Waals surface area contributed by atoms with Crippen LogP contribution in [0.15, 0.2) is 30.3 Å². The normalized spacial score (nSPS) is 20.3. The Morgan fingerprint density at radius 3 is 2.60 bits per heavy atom. The number of ketones is 1. The lowest BCUT2D eigenvalue weighted by Crippen LogP contribution is -2.25. The van der Waals surface area contributed by atoms with E-state index in [1.807, 2.05) is 30.3 Å². The Labute approximate surface area is 88.5 Å². The number of Topliss-reactive ketones (excluding diaryl/α,β-unsaturated/α-hetero) is 1. The summed E-state index contributed by atoms with van der Waals surface area (Å²) in [6, 6.07) is 9.23. The molecule has 0 aromatic heterocycles. The first-order valence-corrected chi connectivity index (χ1v) is 5.16. The number of hydrogen-bond acceptors (Lipinski definition) is 2. The fourth-order valence-corrected chi connectivity index (χ4v) is 1.84. The Balaban J connectivity index is 2.01. The highest BCUT2D eigenvalue weighted by atomic mass is 16.2. The van der Waals surface area contributed by atoms with Crippen LogP contribution in [-0.4, -0.2) is 11.7 Å². The summed E-state index contributed by atoms with van der Waals surface area (Å²) in [6.07, 6.45) is 2.08. The van der Waals surface area contributed by atoms with Gasteiger partial charge in [0.2, 0.25) is 5.91 Å². The number of rotatable bonds is 2. The summed E-state index contributed by atoms with van der Waals surface area (Å²) in [4.78, 5) is 23.0. The molecular formula is C12H13NO2. The lowest BCUT2D eigenvalue weighted by atomic mass is 10.1. The molecule has 0 aliphatic heterocycles. The molecular weight excluding hydrogens is 190 g/mol. The summed E-state index contributed by atoms with van der Waals surface area (Å²) in [5, 5.41) is 2.75. The Hall–Kier alpha value is -1.64. The van der Waals surface area contributed by atoms with Crippen LogP contribution in [0.2, 0.25) is 0 Å². The number of para-hydroxylation sites is 1. The minimum atomic E-state index is -0.426. The molecule has 15 heavy (non-hydrogen) atoms. The molecule has 0 saturated heterocycles. The number of nitrogens with one attached hydrogen (secondary N) is 1. The van der Waals surface area contributed by atoms with Crippen molar-refractivity contribution in [2.75, 3.05) is 5.32 Å². The molecule has 0 unspecified atom stereocenters. The molecule has 1 aliphatic carbocycles. The van der Waals surface area contributed by atoms with Gasteiger partial charge in [0.1, 0.15) is 5.78 Å². The quantitative estimate of drug-likeness (QED) is 0.747. The molecule has 0 spiro atoms. The van der Waals surface area contributed by atoms with Gasteiger partial charge in [-0.15, -0.1) is 0 Å². The van der Waals surface area contributed by atoms with Crippen molar-refractivity contribution in [2.24, 2.45) is 5.92 Å². The van der Waals surface area contributed by atoms with E-state index in [0.29, 0.717) is 12.8 Å². The Kier molecular flexibility index (Phi) is 2.81. The van der Waals surface area contributed by atoms with E-state index in [-0.39, 0.29) is 11.7 Å². The third-order valence-electron chi connectivity index (χ3n) is 2.66. The van der Waals surface area contributed by atoms with Crippen LogP contribution in [0, 0.1) is 5.92 Å². The molecule has 1 fully saturated rings. The molecule has 78 valence electrons. The van der Waals surface area contributed by atoms with Crippen LogP contribution >= 0.6 is 0 Å². The Morgan fingerprint density at radius 1 is 1.27 bits per heavy atom. The average Bonchev–Trinajstić information content (AvgIpc) is 2.66. The van der Waals surface area contributed by atoms with E-state index in [1.54, 1.807) is 0 Å². The molecule has 2 rings (SSSR count). The van der Waals surface area contributed by atoms with Gasteiger partial charge in [-0.05, 0) is 25.0 Å². The number of hydrogen-bond donors (Lipinski definition) is 1. The SMILES string of the molecule is O=C1CCC[C@@H]1C(=O)Nc1ccccc1. The lowest BCUT2D eigenvalue weighted by molar-refractivity contribution is -0.129. The van der Waals surface area contributed by atoms with Crippen LogP contribution in [0.3, 0.4) is 0 Å². The summed E-state index contributed by atoms with van der Waals surface area (Å²) >= 11 is 0. The zero-order chi connectivity index (χ0) is 10.7. The smallest absolute Gasteiger partial charge is 0.234 e. The second-order valence-electron chi connectivity index (χ2n) is 3.77. The summed E-state index contributed by atoms with van der Waals surface area (Å²) in [6.45, 7) is 0. The highest BCUT2D eigenvalue weighted by Crippen LogP contribution is 2.22. The summed E-state index contributed by atoms with van der Waals surface area (Å²) < 4.78 is 0. The maximum absolute atomic E-state index is 11.7. The van der Waals surface area contributed by atoms with Crippen molar-refractivity contribution in [2.45, 2.75) is 19.3 Å². The largest absolute Gasteiger partial charge is 0.325 e. The van der Waals surface area contributed by atoms with E-state index in [4.69, 9.17) is 0 Å². The van der Waals surface area contributed by atoms with Crippen molar-refractivity contribution < 1.29 is 9.59 Å². The van der Waals surface area contributed by atoms with E-state index < -0.39 is 5.92 Å². The standard InChI is InChI=1S/C12H13NO2/c14-11-8-4-7-10(11)12(15)13-9-5-2-1-3-6-9/h1-3,5-6,10H,4,7-8H2,(H,13,15)/t10-/m0/s1. The molecule has 3 heteroatoms. The van der Waals surface area contributed by atoms with Gasteiger partial charge in [-0.25, -0.2) is 0 Å². The molecule has 1 aromatic rings. The molecule has 0 heterocycles. The van der Waals surface area contributed by atoms with Crippen LogP contribution in [0.5, 0.6) is 0 Å². The van der Waals surface area contributed by atoms with Gasteiger partial charge in [-0.3, -0.25) is 9.59 Å². The van der Waals surface area contributed by atoms with Gasteiger partial charge >= 0.3 is 0 Å². The van der Waals surface area contributed by atoms with Gasteiger partial charge in [0.15, 0.2) is 0 Å². The highest BCUT2D eigenvalue weighted by Gasteiger charge is 2.30. The van der Waals surface area contributed by atoms with Crippen molar-refractivity contribution in [1.29, 1.82) is 0 Å². The van der Waals surface area contributed by atoms with Crippen LogP contribution in [-0.2, 0) is 9.59 Å². The van der Waals surface area contributed by atoms with E-state index in [2.05, 4.69) is 5.32 Å². The lowest BCUT2D eigenvalue weighted by Gasteiger charge is -2.08. The third-order valence-corrected chi connectivity index (χ3v) is 2.66. The number of carbonyl (C=O) groups excluding carboxylic acids is 2. The van der Waals surface area contributed by atoms with Crippen molar-refractivity contribution in [3.63, 3.8) is 0 Å². The van der Waals surface area contributed by atoms with E-state index in [1.165, 1.54) is 0 Å². The van der Waals surface area contributed by atoms with Crippen LogP contribution in [0.1, 0.15) is 19.3 Å². The summed E-state index contributed by atoms with van der Waals surface area (Å²) in [7, 11) is 0. The monoisotopic (exact) mass is 203 g/mol. The van der Waals surface area contributed by atoms with Crippen LogP contribution in [0.4, 0.5) is 5.69 Å². The zero-order valence-electron chi connectivity index (χ0n) is 8.40. The minimum Gasteiger partial charge on any atom is -0.325 e. The molecule has 1 atom stereocenters. The van der Waals surface area contributed by atoms with Gasteiger partial charge in [-0.1, -0.05) is 18.2 Å². The Morgan fingerprint density at radius 2 is 2.00 bits per heavy atom. The van der Waals surface area contributed by atoms with Crippen molar-refractivity contribution in [3.8, 4) is 0 Å². The van der Waals surface area contributed by atoms with Gasteiger partial charge in [-0.2, -0.15) is 0 Å². The van der Waals surface area contributed by atoms with E-state index in [0.717, 1.165) is 12.1 Å². The molecule has 3 nitrogen and oxygen atoms in total. The second-order valence-corrected chi connectivity index (χ2v) is 3.77. The number of amides is 1. The summed E-state index contributed by atoms with van der Waals surface area (Å²) in [5.74, 6) is -0.516. The molecule has 1 saturated carbocycles. The minimum absolute atomic E-state index is 0.0726.